The summed E-state index contributed by atoms with van der Waals surface area (Å²) in [5.41, 5.74) is 1.23. The summed E-state index contributed by atoms with van der Waals surface area (Å²) in [6.07, 6.45) is 5.29. The first-order chi connectivity index (χ1) is 16.9. The molecule has 182 valence electrons. The first-order valence-electron chi connectivity index (χ1n) is 11.8. The number of ketones is 1. The van der Waals surface area contributed by atoms with E-state index in [1.807, 2.05) is 0 Å². The van der Waals surface area contributed by atoms with Crippen molar-refractivity contribution in [2.45, 2.75) is 45.1 Å². The van der Waals surface area contributed by atoms with Crippen LogP contribution in [-0.2, 0) is 16.0 Å². The number of carbonyl (C=O) groups excluding carboxylic acids is 3. The Hall–Kier alpha value is -3.33. The number of nitrogens with one attached hydrogen (secondary N) is 1. The molecule has 3 aromatic rings. The van der Waals surface area contributed by atoms with Gasteiger partial charge in [-0.3, -0.25) is 19.4 Å². The van der Waals surface area contributed by atoms with Gasteiger partial charge in [0.15, 0.2) is 11.6 Å². The van der Waals surface area contributed by atoms with Crippen LogP contribution < -0.4 is 10.1 Å². The Morgan fingerprint density at radius 3 is 2.74 bits per heavy atom. The molecule has 2 amide bonds. The van der Waals surface area contributed by atoms with Crippen molar-refractivity contribution in [2.75, 3.05) is 13.1 Å². The van der Waals surface area contributed by atoms with E-state index in [-0.39, 0.29) is 35.8 Å². The molecule has 1 aliphatic heterocycles. The van der Waals surface area contributed by atoms with Gasteiger partial charge in [-0.1, -0.05) is 6.07 Å². The highest BCUT2D eigenvalue weighted by Crippen LogP contribution is 2.37. The van der Waals surface area contributed by atoms with E-state index in [1.165, 1.54) is 30.4 Å². The second-order valence-electron chi connectivity index (χ2n) is 9.30. The maximum atomic E-state index is 14.8. The molecule has 2 fully saturated rings. The standard InChI is InChI=1S/C26H26FN3O4S/c1-15(31)29-18-7-9-30(14-18)26(33)24-13-21-25(35-24)23(6-8-28-21)34-22-5-4-17(12-20(22)27)11-19(32)10-16-2-3-16/h4-6,8,12-13,16,18H,2-3,7,9-11,14H2,1H3,(H,29,31)/t18-/m1/s1. The Balaban J connectivity index is 1.30. The first kappa shape index (κ1) is 23.4. The fourth-order valence-corrected chi connectivity index (χ4v) is 5.44. The molecular formula is C26H26FN3O4S. The molecule has 9 heteroatoms. The maximum Gasteiger partial charge on any atom is 0.264 e. The zero-order chi connectivity index (χ0) is 24.5. The smallest absolute Gasteiger partial charge is 0.264 e. The molecule has 1 saturated carbocycles. The van der Waals surface area contributed by atoms with Crippen molar-refractivity contribution >= 4 is 39.2 Å². The van der Waals surface area contributed by atoms with Gasteiger partial charge in [0.25, 0.3) is 5.91 Å². The van der Waals surface area contributed by atoms with Gasteiger partial charge in [-0.15, -0.1) is 11.3 Å². The Morgan fingerprint density at radius 2 is 2.00 bits per heavy atom. The molecule has 7 nitrogen and oxygen atoms in total. The number of rotatable bonds is 8. The number of Topliss-reactive ketones (excluding diaryl/α,β-unsaturated/α-hetero) is 1. The van der Waals surface area contributed by atoms with E-state index in [0.717, 1.165) is 12.8 Å². The van der Waals surface area contributed by atoms with Gasteiger partial charge < -0.3 is 15.0 Å². The molecule has 2 aromatic heterocycles. The largest absolute Gasteiger partial charge is 0.453 e. The van der Waals surface area contributed by atoms with Crippen molar-refractivity contribution in [1.82, 2.24) is 15.2 Å². The van der Waals surface area contributed by atoms with Gasteiger partial charge >= 0.3 is 0 Å². The summed E-state index contributed by atoms with van der Waals surface area (Å²) in [4.78, 5) is 43.0. The molecule has 2 aliphatic rings. The quantitative estimate of drug-likeness (QED) is 0.498. The highest BCUT2D eigenvalue weighted by atomic mass is 32.1. The fourth-order valence-electron chi connectivity index (χ4n) is 4.41. The lowest BCUT2D eigenvalue weighted by atomic mass is 10.0. The summed E-state index contributed by atoms with van der Waals surface area (Å²) >= 11 is 1.25. The highest BCUT2D eigenvalue weighted by Gasteiger charge is 2.29. The predicted molar refractivity (Wildman–Crippen MR) is 130 cm³/mol. The number of benzene rings is 1. The SMILES string of the molecule is CC(=O)N[C@@H]1CCN(C(=O)c2cc3nccc(Oc4ccc(CC(=O)CC5CC5)cc4F)c3s2)C1. The molecular weight excluding hydrogens is 469 g/mol. The molecule has 5 rings (SSSR count). The lowest BCUT2D eigenvalue weighted by Gasteiger charge is -2.15. The molecule has 0 radical (unpaired) electrons. The molecule has 1 aliphatic carbocycles. The van der Waals surface area contributed by atoms with Gasteiger partial charge in [0.2, 0.25) is 5.91 Å². The Labute approximate surface area is 206 Å². The van der Waals surface area contributed by atoms with Crippen molar-refractivity contribution in [3.63, 3.8) is 0 Å². The minimum atomic E-state index is -0.541. The van der Waals surface area contributed by atoms with Crippen molar-refractivity contribution in [3.05, 3.63) is 52.8 Å². The number of hydrogen-bond donors (Lipinski definition) is 1. The zero-order valence-electron chi connectivity index (χ0n) is 19.4. The number of pyridine rings is 1. The lowest BCUT2D eigenvalue weighted by Crippen LogP contribution is -2.37. The van der Waals surface area contributed by atoms with Gasteiger partial charge in [0.1, 0.15) is 11.5 Å². The van der Waals surface area contributed by atoms with Gasteiger partial charge in [0, 0.05) is 51.2 Å². The molecule has 1 saturated heterocycles. The van der Waals surface area contributed by atoms with Crippen LogP contribution in [0.15, 0.2) is 36.5 Å². The minimum absolute atomic E-state index is 0.0437. The number of likely N-dealkylation sites (tertiary alicyclic amines) is 1. The summed E-state index contributed by atoms with van der Waals surface area (Å²) < 4.78 is 21.3. The number of aromatic nitrogens is 1. The van der Waals surface area contributed by atoms with Crippen LogP contribution in [0.1, 0.15) is 47.8 Å². The normalized spacial score (nSPS) is 17.5. The lowest BCUT2D eigenvalue weighted by molar-refractivity contribution is -0.120. The van der Waals surface area contributed by atoms with Crippen LogP contribution in [0.3, 0.4) is 0 Å². The van der Waals surface area contributed by atoms with E-state index in [0.29, 0.717) is 58.3 Å². The Morgan fingerprint density at radius 1 is 1.17 bits per heavy atom. The maximum absolute atomic E-state index is 14.8. The van der Waals surface area contributed by atoms with Gasteiger partial charge in [-0.25, -0.2) is 4.39 Å². The number of nitrogens with zero attached hydrogens (tertiary/aromatic N) is 2. The molecule has 35 heavy (non-hydrogen) atoms. The number of halogens is 1. The average Bonchev–Trinajstić information content (AvgIpc) is 3.31. The van der Waals surface area contributed by atoms with Crippen LogP contribution in [0.4, 0.5) is 4.39 Å². The van der Waals surface area contributed by atoms with E-state index >= 15 is 0 Å². The summed E-state index contributed by atoms with van der Waals surface area (Å²) in [6, 6.07) is 7.91. The number of thiophene rings is 1. The molecule has 0 unspecified atom stereocenters. The van der Waals surface area contributed by atoms with E-state index in [1.54, 1.807) is 29.3 Å². The Kier molecular flexibility index (Phi) is 6.51. The number of fused-ring (bicyclic) bond motifs is 1. The van der Waals surface area contributed by atoms with Gasteiger partial charge in [-0.05, 0) is 48.9 Å². The van der Waals surface area contributed by atoms with E-state index in [9.17, 15) is 18.8 Å². The third-order valence-electron chi connectivity index (χ3n) is 6.30. The monoisotopic (exact) mass is 495 g/mol. The van der Waals surface area contributed by atoms with Crippen LogP contribution in [0.25, 0.3) is 10.2 Å². The summed E-state index contributed by atoms with van der Waals surface area (Å²) in [5, 5.41) is 2.86. The van der Waals surface area contributed by atoms with E-state index in [4.69, 9.17) is 4.74 Å². The number of hydrogen-bond acceptors (Lipinski definition) is 6. The van der Waals surface area contributed by atoms with Crippen LogP contribution in [0.5, 0.6) is 11.5 Å². The summed E-state index contributed by atoms with van der Waals surface area (Å²) in [5.74, 6) is 0.327. The molecule has 3 heterocycles. The summed E-state index contributed by atoms with van der Waals surface area (Å²) in [7, 11) is 0. The van der Waals surface area contributed by atoms with Crippen LogP contribution in [-0.4, -0.2) is 46.6 Å². The van der Waals surface area contributed by atoms with E-state index < -0.39 is 5.82 Å². The molecule has 1 aromatic carbocycles. The predicted octanol–water partition coefficient (Wildman–Crippen LogP) is 4.49. The van der Waals surface area contributed by atoms with Crippen LogP contribution >= 0.6 is 11.3 Å². The van der Waals surface area contributed by atoms with Crippen LogP contribution in [0.2, 0.25) is 0 Å². The second-order valence-corrected chi connectivity index (χ2v) is 10.4. The molecule has 1 N–H and O–H groups in total. The zero-order valence-corrected chi connectivity index (χ0v) is 20.2. The molecule has 0 spiro atoms. The van der Waals surface area contributed by atoms with Gasteiger partial charge in [0.05, 0.1) is 15.1 Å². The number of ether oxygens (including phenoxy) is 1. The second kappa shape index (κ2) is 9.73. The van der Waals surface area contributed by atoms with Gasteiger partial charge in [-0.2, -0.15) is 0 Å². The van der Waals surface area contributed by atoms with Crippen molar-refractivity contribution in [2.24, 2.45) is 5.92 Å². The van der Waals surface area contributed by atoms with Crippen molar-refractivity contribution in [3.8, 4) is 11.5 Å². The minimum Gasteiger partial charge on any atom is -0.453 e. The topological polar surface area (TPSA) is 88.6 Å². The third kappa shape index (κ3) is 5.51. The van der Waals surface area contributed by atoms with Crippen LogP contribution in [0, 0.1) is 11.7 Å². The van der Waals surface area contributed by atoms with Crippen molar-refractivity contribution in [1.29, 1.82) is 0 Å². The molecule has 0 bridgehead atoms. The Bertz CT molecular complexity index is 1300. The van der Waals surface area contributed by atoms with E-state index in [2.05, 4.69) is 10.3 Å². The first-order valence-corrected chi connectivity index (χ1v) is 12.6. The third-order valence-corrected chi connectivity index (χ3v) is 7.43. The number of amides is 2. The fraction of sp³-hybridized carbons (Fsp3) is 0.385. The number of carbonyl (C=O) groups is 3. The molecule has 1 atom stereocenters. The summed E-state index contributed by atoms with van der Waals surface area (Å²) in [6.45, 7) is 2.49. The van der Waals surface area contributed by atoms with Crippen molar-refractivity contribution < 1.29 is 23.5 Å². The highest BCUT2D eigenvalue weighted by molar-refractivity contribution is 7.21. The average molecular weight is 496 g/mol.